The second kappa shape index (κ2) is 7.92. The molecule has 0 radical (unpaired) electrons. The Morgan fingerprint density at radius 3 is 2.65 bits per heavy atom. The molecule has 0 aliphatic carbocycles. The Kier molecular flexibility index (Phi) is 5.62. The van der Waals surface area contributed by atoms with Gasteiger partial charge in [-0.15, -0.1) is 0 Å². The van der Waals surface area contributed by atoms with Crippen molar-refractivity contribution in [2.75, 3.05) is 11.4 Å². The van der Waals surface area contributed by atoms with Gasteiger partial charge >= 0.3 is 0 Å². The molecule has 3 rings (SSSR count). The van der Waals surface area contributed by atoms with Crippen LogP contribution in [0.25, 0.3) is 0 Å². The Bertz CT molecular complexity index is 817. The number of halogens is 1. The van der Waals surface area contributed by atoms with Crippen molar-refractivity contribution in [2.24, 2.45) is 5.92 Å². The molecule has 5 heteroatoms. The first kappa shape index (κ1) is 18.5. The predicted octanol–water partition coefficient (Wildman–Crippen LogP) is 3.88. The van der Waals surface area contributed by atoms with Crippen molar-refractivity contribution < 1.29 is 9.59 Å². The minimum atomic E-state index is -0.320. The van der Waals surface area contributed by atoms with Crippen LogP contribution in [0.5, 0.6) is 0 Å². The zero-order valence-electron chi connectivity index (χ0n) is 15.1. The van der Waals surface area contributed by atoms with Crippen LogP contribution >= 0.6 is 11.6 Å². The Morgan fingerprint density at radius 1 is 1.23 bits per heavy atom. The summed E-state index contributed by atoms with van der Waals surface area (Å²) < 4.78 is 0. The Labute approximate surface area is 159 Å². The van der Waals surface area contributed by atoms with Crippen LogP contribution in [0.4, 0.5) is 5.69 Å². The lowest BCUT2D eigenvalue weighted by molar-refractivity contribution is -0.126. The minimum Gasteiger partial charge on any atom is -0.352 e. The van der Waals surface area contributed by atoms with Gasteiger partial charge in [-0.25, -0.2) is 0 Å². The van der Waals surface area contributed by atoms with Crippen molar-refractivity contribution in [1.29, 1.82) is 0 Å². The van der Waals surface area contributed by atoms with E-state index < -0.39 is 0 Å². The van der Waals surface area contributed by atoms with Crippen molar-refractivity contribution in [2.45, 2.75) is 33.2 Å². The van der Waals surface area contributed by atoms with E-state index >= 15 is 0 Å². The molecule has 1 aliphatic heterocycles. The van der Waals surface area contributed by atoms with Gasteiger partial charge in [-0.3, -0.25) is 9.59 Å². The van der Waals surface area contributed by atoms with Crippen LogP contribution in [-0.2, 0) is 22.6 Å². The fourth-order valence-electron chi connectivity index (χ4n) is 3.43. The number of hydrogen-bond acceptors (Lipinski definition) is 2. The standard InChI is InChI=1S/C21H23ClN2O2/c1-3-16-6-4-5-14(2)20(16)24-13-17(11-19(24)25)21(26)23-12-15-7-9-18(22)10-8-15/h4-10,17H,3,11-13H2,1-2H3,(H,23,26). The van der Waals surface area contributed by atoms with Gasteiger partial charge in [0.15, 0.2) is 0 Å². The molecule has 2 aromatic carbocycles. The van der Waals surface area contributed by atoms with Crippen molar-refractivity contribution >= 4 is 29.1 Å². The first-order valence-electron chi connectivity index (χ1n) is 8.90. The van der Waals surface area contributed by atoms with Crippen LogP contribution in [0.3, 0.4) is 0 Å². The second-order valence-electron chi connectivity index (χ2n) is 6.69. The molecule has 0 bridgehead atoms. The van der Waals surface area contributed by atoms with Gasteiger partial charge in [-0.2, -0.15) is 0 Å². The van der Waals surface area contributed by atoms with Gasteiger partial charge in [0.25, 0.3) is 0 Å². The number of benzene rings is 2. The number of hydrogen-bond donors (Lipinski definition) is 1. The lowest BCUT2D eigenvalue weighted by Crippen LogP contribution is -2.33. The highest BCUT2D eigenvalue weighted by Gasteiger charge is 2.36. The molecule has 1 saturated heterocycles. The number of aryl methyl sites for hydroxylation is 2. The summed E-state index contributed by atoms with van der Waals surface area (Å²) >= 11 is 5.88. The topological polar surface area (TPSA) is 49.4 Å². The van der Waals surface area contributed by atoms with Gasteiger partial charge in [0.1, 0.15) is 0 Å². The van der Waals surface area contributed by atoms with E-state index in [4.69, 9.17) is 11.6 Å². The Hall–Kier alpha value is -2.33. The van der Waals surface area contributed by atoms with Crippen LogP contribution < -0.4 is 10.2 Å². The number of amides is 2. The summed E-state index contributed by atoms with van der Waals surface area (Å²) in [5, 5.41) is 3.60. The van der Waals surface area contributed by atoms with E-state index in [1.54, 1.807) is 17.0 Å². The third-order valence-corrected chi connectivity index (χ3v) is 5.10. The summed E-state index contributed by atoms with van der Waals surface area (Å²) in [7, 11) is 0. The Morgan fingerprint density at radius 2 is 1.96 bits per heavy atom. The first-order chi connectivity index (χ1) is 12.5. The average Bonchev–Trinajstić information content (AvgIpc) is 3.02. The minimum absolute atomic E-state index is 0.0145. The smallest absolute Gasteiger partial charge is 0.227 e. The van der Waals surface area contributed by atoms with E-state index in [2.05, 4.69) is 12.2 Å². The van der Waals surface area contributed by atoms with Crippen LogP contribution in [0.15, 0.2) is 42.5 Å². The number of para-hydroxylation sites is 1. The van der Waals surface area contributed by atoms with E-state index in [0.29, 0.717) is 18.1 Å². The van der Waals surface area contributed by atoms with Gasteiger partial charge in [0.2, 0.25) is 11.8 Å². The number of nitrogens with zero attached hydrogens (tertiary/aromatic N) is 1. The van der Waals surface area contributed by atoms with Crippen LogP contribution in [0, 0.1) is 12.8 Å². The number of rotatable bonds is 5. The van der Waals surface area contributed by atoms with E-state index in [1.807, 2.05) is 37.3 Å². The van der Waals surface area contributed by atoms with Crippen molar-refractivity contribution in [3.63, 3.8) is 0 Å². The Balaban J connectivity index is 1.67. The molecule has 1 N–H and O–H groups in total. The van der Waals surface area contributed by atoms with Crippen molar-refractivity contribution in [3.05, 3.63) is 64.2 Å². The number of carbonyl (C=O) groups is 2. The van der Waals surface area contributed by atoms with E-state index in [0.717, 1.165) is 28.8 Å². The molecule has 0 spiro atoms. The molecule has 1 aliphatic rings. The summed E-state index contributed by atoms with van der Waals surface area (Å²) in [6, 6.07) is 13.4. The highest BCUT2D eigenvalue weighted by molar-refractivity contribution is 6.30. The molecular formula is C21H23ClN2O2. The van der Waals surface area contributed by atoms with Gasteiger partial charge in [-0.1, -0.05) is 48.9 Å². The molecule has 1 heterocycles. The monoisotopic (exact) mass is 370 g/mol. The van der Waals surface area contributed by atoms with E-state index in [9.17, 15) is 9.59 Å². The maximum Gasteiger partial charge on any atom is 0.227 e. The average molecular weight is 371 g/mol. The molecular weight excluding hydrogens is 348 g/mol. The maximum atomic E-state index is 12.6. The quantitative estimate of drug-likeness (QED) is 0.868. The van der Waals surface area contributed by atoms with Gasteiger partial charge in [-0.05, 0) is 42.2 Å². The molecule has 136 valence electrons. The lowest BCUT2D eigenvalue weighted by atomic mass is 10.0. The lowest BCUT2D eigenvalue weighted by Gasteiger charge is -2.22. The van der Waals surface area contributed by atoms with Crippen LogP contribution in [0.2, 0.25) is 5.02 Å². The van der Waals surface area contributed by atoms with Crippen molar-refractivity contribution in [1.82, 2.24) is 5.32 Å². The third kappa shape index (κ3) is 3.91. The zero-order valence-corrected chi connectivity index (χ0v) is 15.8. The number of nitrogens with one attached hydrogen (secondary N) is 1. The maximum absolute atomic E-state index is 12.6. The molecule has 1 atom stereocenters. The van der Waals surface area contributed by atoms with Crippen molar-refractivity contribution in [3.8, 4) is 0 Å². The summed E-state index contributed by atoms with van der Waals surface area (Å²) in [6.07, 6.45) is 1.11. The SMILES string of the molecule is CCc1cccc(C)c1N1CC(C(=O)NCc2ccc(Cl)cc2)CC1=O. The highest BCUT2D eigenvalue weighted by Crippen LogP contribution is 2.31. The first-order valence-corrected chi connectivity index (χ1v) is 9.28. The van der Waals surface area contributed by atoms with E-state index in [-0.39, 0.29) is 24.2 Å². The molecule has 1 fully saturated rings. The zero-order chi connectivity index (χ0) is 18.7. The molecule has 2 amide bonds. The molecule has 2 aromatic rings. The van der Waals surface area contributed by atoms with Crippen LogP contribution in [-0.4, -0.2) is 18.4 Å². The summed E-state index contributed by atoms with van der Waals surface area (Å²) in [5.41, 5.74) is 4.16. The summed E-state index contributed by atoms with van der Waals surface area (Å²) in [5.74, 6) is -0.387. The normalized spacial score (nSPS) is 16.8. The fourth-order valence-corrected chi connectivity index (χ4v) is 3.55. The highest BCUT2D eigenvalue weighted by atomic mass is 35.5. The van der Waals surface area contributed by atoms with Gasteiger partial charge < -0.3 is 10.2 Å². The number of anilines is 1. The summed E-state index contributed by atoms with van der Waals surface area (Å²) in [6.45, 7) is 4.96. The predicted molar refractivity (Wildman–Crippen MR) is 104 cm³/mol. The molecule has 1 unspecified atom stereocenters. The van der Waals surface area contributed by atoms with Gasteiger partial charge in [0.05, 0.1) is 5.92 Å². The van der Waals surface area contributed by atoms with Crippen LogP contribution in [0.1, 0.15) is 30.0 Å². The second-order valence-corrected chi connectivity index (χ2v) is 7.12. The number of carbonyl (C=O) groups excluding carboxylic acids is 2. The van der Waals surface area contributed by atoms with Gasteiger partial charge in [0, 0.05) is 30.2 Å². The molecule has 4 nitrogen and oxygen atoms in total. The largest absolute Gasteiger partial charge is 0.352 e. The van der Waals surface area contributed by atoms with E-state index in [1.165, 1.54) is 0 Å². The molecule has 26 heavy (non-hydrogen) atoms. The fraction of sp³-hybridized carbons (Fsp3) is 0.333. The molecule has 0 saturated carbocycles. The third-order valence-electron chi connectivity index (χ3n) is 4.85. The summed E-state index contributed by atoms with van der Waals surface area (Å²) in [4.78, 5) is 26.9. The molecule has 0 aromatic heterocycles.